The zero-order valence-electron chi connectivity index (χ0n) is 17.6. The van der Waals surface area contributed by atoms with Crippen molar-refractivity contribution in [2.45, 2.75) is 26.8 Å². The molecule has 0 aromatic carbocycles. The van der Waals surface area contributed by atoms with Crippen LogP contribution in [0.15, 0.2) is 30.7 Å². The average molecular weight is 411 g/mol. The number of urea groups is 1. The van der Waals surface area contributed by atoms with E-state index in [9.17, 15) is 9.59 Å². The van der Waals surface area contributed by atoms with Gasteiger partial charge >= 0.3 is 12.0 Å². The topological polar surface area (TPSA) is 114 Å². The van der Waals surface area contributed by atoms with Gasteiger partial charge in [0, 0.05) is 38.1 Å². The highest BCUT2D eigenvalue weighted by Gasteiger charge is 2.17. The van der Waals surface area contributed by atoms with E-state index in [0.29, 0.717) is 23.0 Å². The summed E-state index contributed by atoms with van der Waals surface area (Å²) in [6.45, 7) is 5.70. The third kappa shape index (κ3) is 4.65. The summed E-state index contributed by atoms with van der Waals surface area (Å²) >= 11 is 0. The van der Waals surface area contributed by atoms with E-state index in [-0.39, 0.29) is 24.4 Å². The molecule has 0 radical (unpaired) electrons. The minimum Gasteiger partial charge on any atom is -0.461 e. The first-order valence-corrected chi connectivity index (χ1v) is 9.56. The Morgan fingerprint density at radius 1 is 1.17 bits per heavy atom. The van der Waals surface area contributed by atoms with Gasteiger partial charge < -0.3 is 15.0 Å². The zero-order chi connectivity index (χ0) is 21.8. The number of hydrogen-bond donors (Lipinski definition) is 2. The number of hydrogen-bond acceptors (Lipinski definition) is 7. The number of aromatic nitrogens is 4. The number of imidazole rings is 1. The Morgan fingerprint density at radius 3 is 2.47 bits per heavy atom. The SMILES string of the molecule is CCOC(=O)c1cc(-c2cnc(N(C)C)nc2)cc2nc(NC(=O)NC(C)C)cn12. The van der Waals surface area contributed by atoms with Crippen LogP contribution in [0.1, 0.15) is 31.3 Å². The number of fused-ring (bicyclic) bond motifs is 1. The van der Waals surface area contributed by atoms with Gasteiger partial charge in [-0.3, -0.25) is 9.72 Å². The number of esters is 1. The van der Waals surface area contributed by atoms with E-state index >= 15 is 0 Å². The van der Waals surface area contributed by atoms with Crippen molar-refractivity contribution in [1.29, 1.82) is 0 Å². The molecular weight excluding hydrogens is 386 g/mol. The van der Waals surface area contributed by atoms with Gasteiger partial charge in [-0.1, -0.05) is 0 Å². The number of pyridine rings is 1. The molecule has 2 amide bonds. The highest BCUT2D eigenvalue weighted by atomic mass is 16.5. The average Bonchev–Trinajstić information content (AvgIpc) is 3.08. The maximum atomic E-state index is 12.6. The van der Waals surface area contributed by atoms with Crippen LogP contribution >= 0.6 is 0 Å². The quantitative estimate of drug-likeness (QED) is 0.599. The van der Waals surface area contributed by atoms with Gasteiger partial charge in [0.15, 0.2) is 5.82 Å². The van der Waals surface area contributed by atoms with E-state index < -0.39 is 5.97 Å². The first kappa shape index (κ1) is 21.0. The Labute approximate surface area is 174 Å². The van der Waals surface area contributed by atoms with Crippen LogP contribution in [-0.4, -0.2) is 58.1 Å². The number of rotatable bonds is 6. The molecule has 0 aliphatic carbocycles. The molecule has 3 aromatic heterocycles. The van der Waals surface area contributed by atoms with Crippen molar-refractivity contribution >= 4 is 29.4 Å². The summed E-state index contributed by atoms with van der Waals surface area (Å²) in [5, 5.41) is 5.41. The predicted molar refractivity (Wildman–Crippen MR) is 114 cm³/mol. The van der Waals surface area contributed by atoms with Crippen molar-refractivity contribution in [3.05, 3.63) is 36.4 Å². The fraction of sp³-hybridized carbons (Fsp3) is 0.350. The summed E-state index contributed by atoms with van der Waals surface area (Å²) in [5.41, 5.74) is 2.20. The van der Waals surface area contributed by atoms with Crippen molar-refractivity contribution in [2.75, 3.05) is 30.9 Å². The molecule has 0 atom stereocenters. The molecule has 2 N–H and O–H groups in total. The molecular formula is C20H25N7O3. The van der Waals surface area contributed by atoms with E-state index in [4.69, 9.17) is 4.74 Å². The van der Waals surface area contributed by atoms with Crippen molar-refractivity contribution in [3.63, 3.8) is 0 Å². The smallest absolute Gasteiger partial charge is 0.355 e. The van der Waals surface area contributed by atoms with Gasteiger partial charge in [-0.05, 0) is 38.5 Å². The number of anilines is 2. The van der Waals surface area contributed by atoms with Crippen molar-refractivity contribution in [2.24, 2.45) is 0 Å². The Bertz CT molecular complexity index is 1060. The molecule has 10 nitrogen and oxygen atoms in total. The minimum atomic E-state index is -0.495. The molecule has 10 heteroatoms. The molecule has 30 heavy (non-hydrogen) atoms. The predicted octanol–water partition coefficient (Wildman–Crippen LogP) is 2.56. The molecule has 3 aromatic rings. The van der Waals surface area contributed by atoms with E-state index in [2.05, 4.69) is 25.6 Å². The molecule has 0 saturated carbocycles. The second kappa shape index (κ2) is 8.76. The van der Waals surface area contributed by atoms with E-state index in [0.717, 1.165) is 5.56 Å². The lowest BCUT2D eigenvalue weighted by atomic mass is 10.1. The zero-order valence-corrected chi connectivity index (χ0v) is 17.6. The summed E-state index contributed by atoms with van der Waals surface area (Å²) in [4.78, 5) is 39.4. The van der Waals surface area contributed by atoms with Crippen LogP contribution in [0.5, 0.6) is 0 Å². The van der Waals surface area contributed by atoms with Crippen LogP contribution in [0.2, 0.25) is 0 Å². The molecule has 0 unspecified atom stereocenters. The summed E-state index contributed by atoms with van der Waals surface area (Å²) in [7, 11) is 3.71. The third-order valence-corrected chi connectivity index (χ3v) is 4.09. The van der Waals surface area contributed by atoms with Crippen LogP contribution in [0.4, 0.5) is 16.6 Å². The molecule has 3 rings (SSSR count). The van der Waals surface area contributed by atoms with Gasteiger partial charge in [0.05, 0.1) is 12.8 Å². The van der Waals surface area contributed by atoms with Gasteiger partial charge in [0.2, 0.25) is 5.95 Å². The van der Waals surface area contributed by atoms with Crippen molar-refractivity contribution < 1.29 is 14.3 Å². The fourth-order valence-corrected chi connectivity index (χ4v) is 2.79. The van der Waals surface area contributed by atoms with Crippen LogP contribution in [0.3, 0.4) is 0 Å². The lowest BCUT2D eigenvalue weighted by Crippen LogP contribution is -2.34. The van der Waals surface area contributed by atoms with Gasteiger partial charge in [0.1, 0.15) is 11.3 Å². The molecule has 0 spiro atoms. The summed E-state index contributed by atoms with van der Waals surface area (Å²) in [6, 6.07) is 3.09. The molecule has 158 valence electrons. The van der Waals surface area contributed by atoms with Crippen molar-refractivity contribution in [1.82, 2.24) is 24.7 Å². The van der Waals surface area contributed by atoms with E-state index in [1.54, 1.807) is 46.9 Å². The second-order valence-electron chi connectivity index (χ2n) is 7.12. The molecule has 0 fully saturated rings. The number of carbonyl (C=O) groups is 2. The monoisotopic (exact) mass is 411 g/mol. The third-order valence-electron chi connectivity index (χ3n) is 4.09. The summed E-state index contributed by atoms with van der Waals surface area (Å²) < 4.78 is 6.78. The number of ether oxygens (including phenoxy) is 1. The number of carbonyl (C=O) groups excluding carboxylic acids is 2. The Hall–Kier alpha value is -3.69. The molecule has 0 bridgehead atoms. The highest BCUT2D eigenvalue weighted by molar-refractivity contribution is 5.92. The standard InChI is InChI=1S/C20H25N7O3/c1-6-30-18(28)15-7-13(14-9-21-19(22-10-14)26(4)5)8-17-24-16(11-27(15)17)25-20(29)23-12(2)3/h7-12H,6H2,1-5H3,(H2,23,25,29). The summed E-state index contributed by atoms with van der Waals surface area (Å²) in [5.74, 6) is 0.398. The second-order valence-corrected chi connectivity index (χ2v) is 7.12. The van der Waals surface area contributed by atoms with E-state index in [1.165, 1.54) is 0 Å². The lowest BCUT2D eigenvalue weighted by molar-refractivity contribution is 0.0518. The number of amides is 2. The van der Waals surface area contributed by atoms with E-state index in [1.807, 2.05) is 27.9 Å². The highest BCUT2D eigenvalue weighted by Crippen LogP contribution is 2.24. The fourth-order valence-electron chi connectivity index (χ4n) is 2.79. The first-order valence-electron chi connectivity index (χ1n) is 9.56. The molecule has 3 heterocycles. The van der Waals surface area contributed by atoms with Gasteiger partial charge in [-0.25, -0.2) is 24.5 Å². The van der Waals surface area contributed by atoms with Gasteiger partial charge in [0.25, 0.3) is 0 Å². The maximum absolute atomic E-state index is 12.6. The lowest BCUT2D eigenvalue weighted by Gasteiger charge is -2.11. The number of nitrogens with one attached hydrogen (secondary N) is 2. The molecule has 0 aliphatic heterocycles. The van der Waals surface area contributed by atoms with Gasteiger partial charge in [-0.15, -0.1) is 0 Å². The summed E-state index contributed by atoms with van der Waals surface area (Å²) in [6.07, 6.45) is 4.94. The number of nitrogens with zero attached hydrogens (tertiary/aromatic N) is 5. The largest absolute Gasteiger partial charge is 0.461 e. The normalized spacial score (nSPS) is 10.9. The Balaban J connectivity index is 2.04. The van der Waals surface area contributed by atoms with Crippen LogP contribution in [0.25, 0.3) is 16.8 Å². The Kier molecular flexibility index (Phi) is 6.14. The maximum Gasteiger partial charge on any atom is 0.355 e. The Morgan fingerprint density at radius 2 is 1.87 bits per heavy atom. The van der Waals surface area contributed by atoms with Crippen LogP contribution in [0, 0.1) is 0 Å². The van der Waals surface area contributed by atoms with Crippen LogP contribution < -0.4 is 15.5 Å². The van der Waals surface area contributed by atoms with Crippen molar-refractivity contribution in [3.8, 4) is 11.1 Å². The molecule has 0 aliphatic rings. The molecule has 0 saturated heterocycles. The first-order chi connectivity index (χ1) is 14.3. The van der Waals surface area contributed by atoms with Crippen LogP contribution in [-0.2, 0) is 4.74 Å². The minimum absolute atomic E-state index is 0.0196. The van der Waals surface area contributed by atoms with Gasteiger partial charge in [-0.2, -0.15) is 0 Å².